The third-order valence-electron chi connectivity index (χ3n) is 9.48. The number of ether oxygens (including phenoxy) is 1. The first-order valence-electron chi connectivity index (χ1n) is 11.3. The minimum atomic E-state index is -0.996. The number of allylic oxidation sites excluding steroid dienone is 1. The van der Waals surface area contributed by atoms with E-state index in [1.807, 2.05) is 0 Å². The molecule has 4 fully saturated rings. The molecule has 0 aromatic heterocycles. The van der Waals surface area contributed by atoms with Gasteiger partial charge < -0.3 is 14.9 Å². The maximum absolute atomic E-state index is 12.1. The summed E-state index contributed by atoms with van der Waals surface area (Å²) < 4.78 is 5.54. The summed E-state index contributed by atoms with van der Waals surface area (Å²) in [5, 5.41) is 19.8. The Morgan fingerprint density at radius 1 is 1.10 bits per heavy atom. The molecular formula is C24H36O5. The minimum Gasteiger partial charge on any atom is -0.481 e. The molecule has 1 spiro atoms. The van der Waals surface area contributed by atoms with E-state index in [1.54, 1.807) is 0 Å². The number of carbonyl (C=O) groups is 2. The fourth-order valence-electron chi connectivity index (χ4n) is 8.10. The van der Waals surface area contributed by atoms with E-state index < -0.39 is 23.5 Å². The highest BCUT2D eigenvalue weighted by Gasteiger charge is 2.65. The second-order valence-corrected chi connectivity index (χ2v) is 10.9. The summed E-state index contributed by atoms with van der Waals surface area (Å²) >= 11 is 0. The van der Waals surface area contributed by atoms with E-state index in [0.29, 0.717) is 23.2 Å². The highest BCUT2D eigenvalue weighted by molar-refractivity contribution is 5.76. The first kappa shape index (κ1) is 20.9. The molecule has 0 unspecified atom stereocenters. The molecule has 4 rings (SSSR count). The summed E-state index contributed by atoms with van der Waals surface area (Å²) in [4.78, 5) is 22.8. The largest absolute Gasteiger partial charge is 0.481 e. The Balaban J connectivity index is 1.54. The van der Waals surface area contributed by atoms with Crippen molar-refractivity contribution in [1.29, 1.82) is 0 Å². The molecule has 4 aliphatic rings. The van der Waals surface area contributed by atoms with Gasteiger partial charge in [-0.25, -0.2) is 0 Å². The van der Waals surface area contributed by atoms with Gasteiger partial charge in [0.1, 0.15) is 0 Å². The summed E-state index contributed by atoms with van der Waals surface area (Å²) in [6.07, 6.45) is 8.17. The van der Waals surface area contributed by atoms with Crippen LogP contribution >= 0.6 is 0 Å². The van der Waals surface area contributed by atoms with Crippen LogP contribution in [0.25, 0.3) is 0 Å². The van der Waals surface area contributed by atoms with Gasteiger partial charge in [0.05, 0.1) is 25.6 Å². The van der Waals surface area contributed by atoms with Gasteiger partial charge in [-0.1, -0.05) is 26.0 Å². The number of rotatable bonds is 5. The molecule has 29 heavy (non-hydrogen) atoms. The zero-order valence-electron chi connectivity index (χ0n) is 17.9. The van der Waals surface area contributed by atoms with Gasteiger partial charge in [-0.15, -0.1) is 0 Å². The van der Waals surface area contributed by atoms with Crippen molar-refractivity contribution in [1.82, 2.24) is 0 Å². The fourth-order valence-corrected chi connectivity index (χ4v) is 8.10. The van der Waals surface area contributed by atoms with Crippen LogP contribution in [0, 0.1) is 34.0 Å². The number of carbonyl (C=O) groups excluding carboxylic acids is 1. The van der Waals surface area contributed by atoms with Crippen molar-refractivity contribution in [2.45, 2.75) is 84.2 Å². The van der Waals surface area contributed by atoms with E-state index >= 15 is 0 Å². The van der Waals surface area contributed by atoms with Crippen LogP contribution in [0.1, 0.15) is 78.1 Å². The lowest BCUT2D eigenvalue weighted by Crippen LogP contribution is -2.61. The maximum Gasteiger partial charge on any atom is 0.306 e. The van der Waals surface area contributed by atoms with Crippen LogP contribution in [0.15, 0.2) is 12.2 Å². The smallest absolute Gasteiger partial charge is 0.306 e. The lowest BCUT2D eigenvalue weighted by atomic mass is 9.40. The first-order chi connectivity index (χ1) is 13.6. The number of esters is 1. The van der Waals surface area contributed by atoms with Crippen LogP contribution in [0.5, 0.6) is 0 Å². The quantitative estimate of drug-likeness (QED) is 0.526. The molecule has 0 aromatic carbocycles. The van der Waals surface area contributed by atoms with Gasteiger partial charge in [-0.2, -0.15) is 0 Å². The first-order valence-corrected chi connectivity index (χ1v) is 11.3. The average Bonchev–Trinajstić information content (AvgIpc) is 2.90. The molecule has 0 radical (unpaired) electrons. The zero-order chi connectivity index (χ0) is 21.0. The van der Waals surface area contributed by atoms with Crippen LogP contribution in [0.4, 0.5) is 0 Å². The number of aliphatic hydroxyl groups excluding tert-OH is 1. The molecule has 5 heteroatoms. The second-order valence-electron chi connectivity index (χ2n) is 10.9. The molecule has 162 valence electrons. The van der Waals surface area contributed by atoms with E-state index in [1.165, 1.54) is 37.7 Å². The molecule has 2 N–H and O–H groups in total. The Morgan fingerprint density at radius 2 is 1.86 bits per heavy atom. The molecule has 0 aromatic rings. The maximum atomic E-state index is 12.1. The fraction of sp³-hybridized carbons (Fsp3) is 0.833. The third kappa shape index (κ3) is 3.24. The monoisotopic (exact) mass is 404 g/mol. The summed E-state index contributed by atoms with van der Waals surface area (Å²) in [7, 11) is 0. The van der Waals surface area contributed by atoms with Crippen molar-refractivity contribution in [2.24, 2.45) is 34.0 Å². The Morgan fingerprint density at radius 3 is 2.59 bits per heavy atom. The zero-order valence-corrected chi connectivity index (χ0v) is 17.9. The number of carboxylic acid groups (broad SMARTS) is 1. The number of aliphatic hydroxyl groups is 1. The molecule has 0 aliphatic heterocycles. The molecule has 0 saturated heterocycles. The molecule has 4 saturated carbocycles. The number of hydrogen-bond acceptors (Lipinski definition) is 4. The SMILES string of the molecule is C=C1C[C@]23CC[C@H]4[C@](C)(COC(=O)CCC(=O)O)[C@@H](O)CC[C@@]4(C)[C@H]2CC[C@H]1C3. The minimum absolute atomic E-state index is 0.112. The molecule has 2 bridgehead atoms. The predicted molar refractivity (Wildman–Crippen MR) is 109 cm³/mol. The molecule has 5 nitrogen and oxygen atoms in total. The third-order valence-corrected chi connectivity index (χ3v) is 9.48. The molecule has 7 atom stereocenters. The van der Waals surface area contributed by atoms with Gasteiger partial charge in [0.2, 0.25) is 0 Å². The highest BCUT2D eigenvalue weighted by Crippen LogP contribution is 2.72. The van der Waals surface area contributed by atoms with Crippen molar-refractivity contribution in [2.75, 3.05) is 6.61 Å². The molecule has 0 heterocycles. The van der Waals surface area contributed by atoms with Crippen LogP contribution < -0.4 is 0 Å². The van der Waals surface area contributed by atoms with E-state index in [9.17, 15) is 14.7 Å². The summed E-state index contributed by atoms with van der Waals surface area (Å²) in [5.74, 6) is 0.200. The number of carboxylic acids is 1. The predicted octanol–water partition coefficient (Wildman–Crippen LogP) is 4.33. The average molecular weight is 405 g/mol. The van der Waals surface area contributed by atoms with Gasteiger partial charge in [0, 0.05) is 5.41 Å². The normalized spacial score (nSPS) is 46.0. The van der Waals surface area contributed by atoms with E-state index in [2.05, 4.69) is 20.4 Å². The second kappa shape index (κ2) is 7.11. The van der Waals surface area contributed by atoms with Gasteiger partial charge in [-0.3, -0.25) is 9.59 Å². The van der Waals surface area contributed by atoms with E-state index in [-0.39, 0.29) is 24.9 Å². The Bertz CT molecular complexity index is 716. The molecule has 4 aliphatic carbocycles. The van der Waals surface area contributed by atoms with Crippen molar-refractivity contribution in [3.05, 3.63) is 12.2 Å². The summed E-state index contributed by atoms with van der Waals surface area (Å²) in [6, 6.07) is 0. The molecular weight excluding hydrogens is 368 g/mol. The lowest BCUT2D eigenvalue weighted by molar-refractivity contribution is -0.204. The van der Waals surface area contributed by atoms with Gasteiger partial charge in [0.25, 0.3) is 0 Å². The van der Waals surface area contributed by atoms with Gasteiger partial charge in [0.15, 0.2) is 0 Å². The van der Waals surface area contributed by atoms with Crippen LogP contribution in [0.3, 0.4) is 0 Å². The number of fused-ring (bicyclic) bond motifs is 3. The van der Waals surface area contributed by atoms with Crippen LogP contribution in [-0.4, -0.2) is 34.9 Å². The highest BCUT2D eigenvalue weighted by atomic mass is 16.5. The van der Waals surface area contributed by atoms with Gasteiger partial charge >= 0.3 is 11.9 Å². The van der Waals surface area contributed by atoms with Crippen molar-refractivity contribution >= 4 is 11.9 Å². The van der Waals surface area contributed by atoms with Crippen molar-refractivity contribution in [3.8, 4) is 0 Å². The Kier molecular flexibility index (Phi) is 5.12. The van der Waals surface area contributed by atoms with E-state index in [0.717, 1.165) is 19.3 Å². The van der Waals surface area contributed by atoms with Crippen molar-refractivity contribution in [3.63, 3.8) is 0 Å². The van der Waals surface area contributed by atoms with Crippen LogP contribution in [0.2, 0.25) is 0 Å². The topological polar surface area (TPSA) is 83.8 Å². The van der Waals surface area contributed by atoms with Crippen molar-refractivity contribution < 1.29 is 24.5 Å². The number of hydrogen-bond donors (Lipinski definition) is 2. The Hall–Kier alpha value is -1.36. The van der Waals surface area contributed by atoms with Gasteiger partial charge in [-0.05, 0) is 80.0 Å². The summed E-state index contributed by atoms with van der Waals surface area (Å²) in [6.45, 7) is 9.09. The standard InChI is InChI=1S/C24H36O5/c1-15-12-24-11-8-17-22(2,18(24)5-4-16(15)13-24)10-9-19(25)23(17,3)14-29-21(28)7-6-20(26)27/h16-19,25H,1,4-14H2,2-3H3,(H,26,27)/t16-,17+,18+,19-,22+,23-,24-/m0/s1. The lowest BCUT2D eigenvalue weighted by Gasteiger charge is -2.65. The number of aliphatic carboxylic acids is 1. The van der Waals surface area contributed by atoms with Crippen LogP contribution in [-0.2, 0) is 14.3 Å². The van der Waals surface area contributed by atoms with E-state index in [4.69, 9.17) is 9.84 Å². The summed E-state index contributed by atoms with van der Waals surface area (Å²) in [5.41, 5.74) is 1.53. The molecule has 0 amide bonds. The Labute approximate surface area is 173 Å².